The molecule has 0 aliphatic rings. The van der Waals surface area contributed by atoms with Gasteiger partial charge >= 0.3 is 0 Å². The molecule has 0 aromatic heterocycles. The summed E-state index contributed by atoms with van der Waals surface area (Å²) in [5.74, 6) is -0.637. The summed E-state index contributed by atoms with van der Waals surface area (Å²) in [6.45, 7) is 0. The van der Waals surface area contributed by atoms with Gasteiger partial charge in [0.15, 0.2) is 0 Å². The maximum absolute atomic E-state index is 11.8. The Hall–Kier alpha value is -2.15. The molecule has 2 N–H and O–H groups in total. The Kier molecular flexibility index (Phi) is 5.32. The van der Waals surface area contributed by atoms with E-state index < -0.39 is 15.9 Å². The number of rotatable bonds is 5. The normalized spacial score (nSPS) is 11.5. The van der Waals surface area contributed by atoms with E-state index in [0.29, 0.717) is 0 Å². The molecule has 0 bridgehead atoms. The number of hydrazine groups is 1. The Morgan fingerprint density at radius 1 is 1.00 bits per heavy atom. The highest BCUT2D eigenvalue weighted by molar-refractivity contribution is 7.92. The number of sulfonamides is 1. The van der Waals surface area contributed by atoms with Gasteiger partial charge in [-0.05, 0) is 23.8 Å². The predicted octanol–water partition coefficient (Wildman–Crippen LogP) is 2.58. The summed E-state index contributed by atoms with van der Waals surface area (Å²) in [6.07, 6.45) is 1.42. The summed E-state index contributed by atoms with van der Waals surface area (Å²) in [7, 11) is -3.80. The van der Waals surface area contributed by atoms with Gasteiger partial charge < -0.3 is 0 Å². The second kappa shape index (κ2) is 7.22. The quantitative estimate of drug-likeness (QED) is 0.824. The molecule has 5 nitrogen and oxygen atoms in total. The van der Waals surface area contributed by atoms with Gasteiger partial charge in [0, 0.05) is 5.41 Å². The number of halogens is 1. The molecule has 0 aliphatic heterocycles. The van der Waals surface area contributed by atoms with E-state index in [1.165, 1.54) is 12.1 Å². The van der Waals surface area contributed by atoms with Crippen LogP contribution in [0, 0.1) is 0 Å². The summed E-state index contributed by atoms with van der Waals surface area (Å²) in [5.41, 5.74) is 3.01. The predicted molar refractivity (Wildman–Crippen MR) is 86.4 cm³/mol. The molecule has 0 aliphatic carbocycles. The van der Waals surface area contributed by atoms with Crippen LogP contribution in [0.25, 0.3) is 6.08 Å². The second-order valence-electron chi connectivity index (χ2n) is 4.29. The molecule has 0 atom stereocenters. The van der Waals surface area contributed by atoms with Crippen LogP contribution in [0.15, 0.2) is 60.0 Å². The summed E-state index contributed by atoms with van der Waals surface area (Å²) >= 11 is 5.86. The fourth-order valence-corrected chi connectivity index (χ4v) is 2.46. The summed E-state index contributed by atoms with van der Waals surface area (Å²) < 4.78 is 23.6. The Morgan fingerprint density at radius 3 is 2.32 bits per heavy atom. The number of nitrogens with one attached hydrogen (secondary N) is 2. The van der Waals surface area contributed by atoms with Gasteiger partial charge in [-0.3, -0.25) is 10.2 Å². The van der Waals surface area contributed by atoms with E-state index in [1.54, 1.807) is 42.5 Å². The van der Waals surface area contributed by atoms with Crippen LogP contribution < -0.4 is 10.3 Å². The zero-order valence-corrected chi connectivity index (χ0v) is 12.9. The Balaban J connectivity index is 2.00. The van der Waals surface area contributed by atoms with E-state index in [1.807, 2.05) is 10.9 Å². The minimum absolute atomic E-state index is 0.180. The second-order valence-corrected chi connectivity index (χ2v) is 6.27. The molecule has 0 radical (unpaired) electrons. The topological polar surface area (TPSA) is 75.3 Å². The monoisotopic (exact) mass is 336 g/mol. The first-order valence-corrected chi connectivity index (χ1v) is 8.20. The van der Waals surface area contributed by atoms with Gasteiger partial charge in [-0.2, -0.15) is 0 Å². The van der Waals surface area contributed by atoms with E-state index in [4.69, 9.17) is 11.6 Å². The van der Waals surface area contributed by atoms with Crippen molar-refractivity contribution >= 4 is 33.6 Å². The van der Waals surface area contributed by atoms with Crippen molar-refractivity contribution in [1.82, 2.24) is 10.3 Å². The largest absolute Gasteiger partial charge is 0.273 e. The first-order chi connectivity index (χ1) is 10.5. The Bertz CT molecular complexity index is 789. The molecule has 0 heterocycles. The van der Waals surface area contributed by atoms with Gasteiger partial charge in [-0.15, -0.1) is 4.83 Å². The highest BCUT2D eigenvalue weighted by Crippen LogP contribution is 2.14. The Morgan fingerprint density at radius 2 is 1.64 bits per heavy atom. The lowest BCUT2D eigenvalue weighted by molar-refractivity contribution is 0.0945. The molecule has 2 aromatic rings. The molecular weight excluding hydrogens is 324 g/mol. The van der Waals surface area contributed by atoms with Crippen molar-refractivity contribution in [2.45, 2.75) is 0 Å². The first kappa shape index (κ1) is 16.2. The Labute approximate surface area is 133 Å². The van der Waals surface area contributed by atoms with Crippen LogP contribution in [0.2, 0.25) is 5.02 Å². The zero-order valence-electron chi connectivity index (χ0n) is 11.4. The number of hydrogen-bond acceptors (Lipinski definition) is 3. The highest BCUT2D eigenvalue weighted by atomic mass is 35.5. The fourth-order valence-electron chi connectivity index (χ4n) is 1.60. The van der Waals surface area contributed by atoms with Gasteiger partial charge in [-0.1, -0.05) is 54.1 Å². The van der Waals surface area contributed by atoms with Crippen molar-refractivity contribution in [2.75, 3.05) is 0 Å². The van der Waals surface area contributed by atoms with E-state index >= 15 is 0 Å². The van der Waals surface area contributed by atoms with E-state index in [9.17, 15) is 13.2 Å². The van der Waals surface area contributed by atoms with Crippen LogP contribution in [-0.4, -0.2) is 14.3 Å². The average Bonchev–Trinajstić information content (AvgIpc) is 2.52. The summed E-state index contributed by atoms with van der Waals surface area (Å²) in [6, 6.07) is 15.3. The van der Waals surface area contributed by atoms with Gasteiger partial charge in [0.2, 0.25) is 0 Å². The molecule has 2 rings (SSSR count). The minimum Gasteiger partial charge on any atom is -0.273 e. The third-order valence-electron chi connectivity index (χ3n) is 2.66. The van der Waals surface area contributed by atoms with Crippen LogP contribution in [0.5, 0.6) is 0 Å². The summed E-state index contributed by atoms with van der Waals surface area (Å²) in [4.78, 5) is 13.8. The van der Waals surface area contributed by atoms with Crippen LogP contribution in [0.4, 0.5) is 0 Å². The van der Waals surface area contributed by atoms with Crippen LogP contribution in [0.3, 0.4) is 0 Å². The lowest BCUT2D eigenvalue weighted by Crippen LogP contribution is -2.40. The SMILES string of the molecule is O=C(NNS(=O)(=O)/C=C/c1ccccc1)c1ccccc1Cl. The molecule has 22 heavy (non-hydrogen) atoms. The maximum Gasteiger partial charge on any atom is 0.267 e. The van der Waals surface area contributed by atoms with Crippen molar-refractivity contribution in [2.24, 2.45) is 0 Å². The molecule has 0 spiro atoms. The van der Waals surface area contributed by atoms with Crippen LogP contribution >= 0.6 is 11.6 Å². The number of amides is 1. The molecule has 1 amide bonds. The van der Waals surface area contributed by atoms with Gasteiger partial charge in [0.25, 0.3) is 15.9 Å². The molecule has 7 heteroatoms. The number of carbonyl (C=O) groups excluding carboxylic acids is 1. The van der Waals surface area contributed by atoms with Crippen molar-refractivity contribution in [3.05, 3.63) is 76.2 Å². The number of benzene rings is 2. The standard InChI is InChI=1S/C15H13ClN2O3S/c16-14-9-5-4-8-13(14)15(19)17-18-22(20,21)11-10-12-6-2-1-3-7-12/h1-11,18H,(H,17,19)/b11-10+. The molecule has 0 saturated heterocycles. The van der Waals surface area contributed by atoms with Gasteiger partial charge in [0.05, 0.1) is 10.6 Å². The smallest absolute Gasteiger partial charge is 0.267 e. The number of carbonyl (C=O) groups is 1. The third-order valence-corrected chi connectivity index (χ3v) is 3.88. The maximum atomic E-state index is 11.8. The molecule has 0 saturated carbocycles. The molecule has 114 valence electrons. The van der Waals surface area contributed by atoms with Crippen molar-refractivity contribution in [3.63, 3.8) is 0 Å². The average molecular weight is 337 g/mol. The molecule has 0 fully saturated rings. The van der Waals surface area contributed by atoms with Crippen LogP contribution in [0.1, 0.15) is 15.9 Å². The fraction of sp³-hybridized carbons (Fsp3) is 0. The molecule has 2 aromatic carbocycles. The van der Waals surface area contributed by atoms with E-state index in [0.717, 1.165) is 11.0 Å². The van der Waals surface area contributed by atoms with Crippen molar-refractivity contribution in [3.8, 4) is 0 Å². The lowest BCUT2D eigenvalue weighted by atomic mass is 10.2. The van der Waals surface area contributed by atoms with Crippen molar-refractivity contribution in [1.29, 1.82) is 0 Å². The highest BCUT2D eigenvalue weighted by Gasteiger charge is 2.12. The minimum atomic E-state index is -3.80. The van der Waals surface area contributed by atoms with Gasteiger partial charge in [0.1, 0.15) is 0 Å². The van der Waals surface area contributed by atoms with Gasteiger partial charge in [-0.25, -0.2) is 8.42 Å². The zero-order chi connectivity index (χ0) is 16.0. The van der Waals surface area contributed by atoms with Crippen molar-refractivity contribution < 1.29 is 13.2 Å². The molecular formula is C15H13ClN2O3S. The lowest BCUT2D eigenvalue weighted by Gasteiger charge is -2.06. The molecule has 0 unspecified atom stereocenters. The van der Waals surface area contributed by atoms with E-state index in [2.05, 4.69) is 5.43 Å². The number of hydrogen-bond donors (Lipinski definition) is 2. The van der Waals surface area contributed by atoms with Crippen LogP contribution in [-0.2, 0) is 10.0 Å². The summed E-state index contributed by atoms with van der Waals surface area (Å²) in [5, 5.41) is 1.20. The first-order valence-electron chi connectivity index (χ1n) is 6.28. The third kappa shape index (κ3) is 4.70. The van der Waals surface area contributed by atoms with E-state index in [-0.39, 0.29) is 10.6 Å².